The summed E-state index contributed by atoms with van der Waals surface area (Å²) in [5.74, 6) is 0. The molecular weight excluding hydrogens is 284 g/mol. The number of aromatic nitrogens is 2. The largest absolute Gasteiger partial charge is 0.338 e. The molecule has 1 aliphatic rings. The lowest BCUT2D eigenvalue weighted by molar-refractivity contribution is -0.663. The second-order valence-corrected chi connectivity index (χ2v) is 6.39. The van der Waals surface area contributed by atoms with Crippen LogP contribution >= 0.6 is 0 Å². The molecule has 0 unspecified atom stereocenters. The van der Waals surface area contributed by atoms with Gasteiger partial charge in [-0.3, -0.25) is 0 Å². The lowest BCUT2D eigenvalue weighted by Crippen LogP contribution is -2.32. The van der Waals surface area contributed by atoms with Crippen LogP contribution in [-0.4, -0.2) is 10.7 Å². The van der Waals surface area contributed by atoms with E-state index in [-0.39, 0.29) is 0 Å². The Morgan fingerprint density at radius 2 is 1.70 bits per heavy atom. The summed E-state index contributed by atoms with van der Waals surface area (Å²) in [4.78, 5) is 0. The molecule has 0 aliphatic heterocycles. The first kappa shape index (κ1) is 14.5. The van der Waals surface area contributed by atoms with Crippen LogP contribution in [-0.2, 0) is 18.0 Å². The molecule has 1 aromatic heterocycles. The quantitative estimate of drug-likeness (QED) is 0.654. The zero-order valence-electron chi connectivity index (χ0n) is 13.4. The van der Waals surface area contributed by atoms with E-state index in [1.54, 1.807) is 0 Å². The van der Waals surface area contributed by atoms with Crippen molar-refractivity contribution >= 4 is 11.0 Å². The molecule has 2 aromatic carbocycles. The average molecular weight is 307 g/mol. The number of hydrogen-bond donors (Lipinski definition) is 0. The smallest absolute Gasteiger partial charge is 0.246 e. The maximum Gasteiger partial charge on any atom is 0.246 e. The number of benzene rings is 2. The minimum Gasteiger partial charge on any atom is -0.338 e. The Morgan fingerprint density at radius 3 is 2.52 bits per heavy atom. The summed E-state index contributed by atoms with van der Waals surface area (Å²) in [5.41, 5.74) is 3.81. The Hall–Kier alpha value is -2.13. The number of nitrogens with zero attached hydrogens (tertiary/aromatic N) is 2. The first-order valence-electron chi connectivity index (χ1n) is 8.53. The molecule has 1 fully saturated rings. The van der Waals surface area contributed by atoms with Gasteiger partial charge in [0.05, 0.1) is 6.10 Å². The van der Waals surface area contributed by atoms with Gasteiger partial charge in [-0.15, -0.1) is 0 Å². The van der Waals surface area contributed by atoms with E-state index in [2.05, 4.69) is 70.1 Å². The minimum absolute atomic E-state index is 0.443. The van der Waals surface area contributed by atoms with E-state index in [1.807, 2.05) is 0 Å². The monoisotopic (exact) mass is 307 g/mol. The maximum atomic E-state index is 6.11. The first-order valence-corrected chi connectivity index (χ1v) is 8.53. The first-order chi connectivity index (χ1) is 11.4. The van der Waals surface area contributed by atoms with Crippen molar-refractivity contribution in [1.82, 2.24) is 4.57 Å². The molecule has 0 radical (unpaired) electrons. The molecular formula is C20H23N2O+. The highest BCUT2D eigenvalue weighted by molar-refractivity contribution is 5.71. The van der Waals surface area contributed by atoms with E-state index in [4.69, 9.17) is 4.74 Å². The van der Waals surface area contributed by atoms with E-state index < -0.39 is 0 Å². The summed E-state index contributed by atoms with van der Waals surface area (Å²) in [6.07, 6.45) is 7.67. The molecule has 0 amide bonds. The maximum absolute atomic E-state index is 6.11. The zero-order valence-corrected chi connectivity index (χ0v) is 13.4. The van der Waals surface area contributed by atoms with Gasteiger partial charge in [-0.1, -0.05) is 55.3 Å². The van der Waals surface area contributed by atoms with Crippen molar-refractivity contribution in [2.75, 3.05) is 0 Å². The Balaban J connectivity index is 1.60. The molecule has 0 spiro atoms. The molecule has 0 atom stereocenters. The Kier molecular flexibility index (Phi) is 4.12. The fourth-order valence-electron chi connectivity index (χ4n) is 3.49. The highest BCUT2D eigenvalue weighted by Gasteiger charge is 2.19. The molecule has 3 nitrogen and oxygen atoms in total. The van der Waals surface area contributed by atoms with Gasteiger partial charge < -0.3 is 4.74 Å². The van der Waals surface area contributed by atoms with Crippen molar-refractivity contribution in [1.29, 1.82) is 0 Å². The summed E-state index contributed by atoms with van der Waals surface area (Å²) >= 11 is 0. The number of fused-ring (bicyclic) bond motifs is 1. The van der Waals surface area contributed by atoms with Gasteiger partial charge in [0, 0.05) is 0 Å². The van der Waals surface area contributed by atoms with Crippen LogP contribution in [0.1, 0.15) is 31.2 Å². The molecule has 3 aromatic rings. The van der Waals surface area contributed by atoms with E-state index in [0.29, 0.717) is 12.8 Å². The molecule has 23 heavy (non-hydrogen) atoms. The molecule has 0 bridgehead atoms. The van der Waals surface area contributed by atoms with Crippen LogP contribution in [0, 0.1) is 0 Å². The third-order valence-electron chi connectivity index (χ3n) is 4.73. The van der Waals surface area contributed by atoms with E-state index in [0.717, 1.165) is 6.54 Å². The number of para-hydroxylation sites is 2. The zero-order chi connectivity index (χ0) is 15.5. The molecule has 0 saturated heterocycles. The molecule has 1 heterocycles. The van der Waals surface area contributed by atoms with E-state index in [9.17, 15) is 0 Å². The van der Waals surface area contributed by atoms with Gasteiger partial charge in [-0.25, -0.2) is 9.13 Å². The normalized spacial score (nSPS) is 15.5. The Morgan fingerprint density at radius 1 is 0.957 bits per heavy atom. The lowest BCUT2D eigenvalue weighted by atomic mass is 10.2. The molecule has 118 valence electrons. The fourth-order valence-corrected chi connectivity index (χ4v) is 3.49. The molecule has 1 aliphatic carbocycles. The van der Waals surface area contributed by atoms with Gasteiger partial charge in [0.15, 0.2) is 17.8 Å². The van der Waals surface area contributed by atoms with Crippen LogP contribution in [0.15, 0.2) is 60.9 Å². The van der Waals surface area contributed by atoms with Crippen LogP contribution in [0.4, 0.5) is 0 Å². The topological polar surface area (TPSA) is 18.0 Å². The van der Waals surface area contributed by atoms with Gasteiger partial charge >= 0.3 is 0 Å². The highest BCUT2D eigenvalue weighted by atomic mass is 16.5. The van der Waals surface area contributed by atoms with Crippen LogP contribution in [0.2, 0.25) is 0 Å². The molecule has 0 N–H and O–H groups in total. The van der Waals surface area contributed by atoms with Crippen molar-refractivity contribution in [3.63, 3.8) is 0 Å². The summed E-state index contributed by atoms with van der Waals surface area (Å²) < 4.78 is 10.7. The number of hydrogen-bond acceptors (Lipinski definition) is 1. The number of ether oxygens (including phenoxy) is 1. The van der Waals surface area contributed by atoms with Crippen molar-refractivity contribution in [2.24, 2.45) is 0 Å². The van der Waals surface area contributed by atoms with Crippen molar-refractivity contribution < 1.29 is 9.30 Å². The number of imidazole rings is 1. The average Bonchev–Trinajstić information content (AvgIpc) is 3.23. The van der Waals surface area contributed by atoms with Crippen LogP contribution in [0.25, 0.3) is 11.0 Å². The second-order valence-electron chi connectivity index (χ2n) is 6.39. The second kappa shape index (κ2) is 6.55. The van der Waals surface area contributed by atoms with Crippen molar-refractivity contribution in [2.45, 2.75) is 45.1 Å². The fraction of sp³-hybridized carbons (Fsp3) is 0.350. The summed E-state index contributed by atoms with van der Waals surface area (Å²) in [6.45, 7) is 1.53. The summed E-state index contributed by atoms with van der Waals surface area (Å²) in [5, 5.41) is 0. The number of rotatable bonds is 5. The van der Waals surface area contributed by atoms with Crippen LogP contribution in [0.3, 0.4) is 0 Å². The predicted molar refractivity (Wildman–Crippen MR) is 91.0 cm³/mol. The van der Waals surface area contributed by atoms with E-state index >= 15 is 0 Å². The van der Waals surface area contributed by atoms with Crippen LogP contribution in [0.5, 0.6) is 0 Å². The van der Waals surface area contributed by atoms with Gasteiger partial charge in [0.25, 0.3) is 0 Å². The van der Waals surface area contributed by atoms with Gasteiger partial charge in [0.2, 0.25) is 6.33 Å². The van der Waals surface area contributed by atoms with Gasteiger partial charge in [-0.05, 0) is 30.5 Å². The third kappa shape index (κ3) is 3.15. The molecule has 3 heteroatoms. The van der Waals surface area contributed by atoms with Crippen LogP contribution < -0.4 is 4.57 Å². The highest BCUT2D eigenvalue weighted by Crippen LogP contribution is 2.22. The van der Waals surface area contributed by atoms with Crippen molar-refractivity contribution in [3.8, 4) is 0 Å². The van der Waals surface area contributed by atoms with Gasteiger partial charge in [0.1, 0.15) is 6.54 Å². The van der Waals surface area contributed by atoms with Gasteiger partial charge in [-0.2, -0.15) is 0 Å². The predicted octanol–water partition coefficient (Wildman–Crippen LogP) is 3.89. The summed E-state index contributed by atoms with van der Waals surface area (Å²) in [7, 11) is 0. The minimum atomic E-state index is 0.443. The van der Waals surface area contributed by atoms with E-state index in [1.165, 1.54) is 42.3 Å². The standard InChI is InChI=1S/C20H23N2O/c1-2-8-17(9-3-1)14-21-15-22(16-23-18-10-4-5-11-18)20-13-7-6-12-19(20)21/h1-3,6-9,12-13,15,18H,4-5,10-11,14,16H2/q+1. The lowest BCUT2D eigenvalue weighted by Gasteiger charge is -2.08. The molecule has 1 saturated carbocycles. The van der Waals surface area contributed by atoms with Crippen molar-refractivity contribution in [3.05, 3.63) is 66.5 Å². The SMILES string of the molecule is c1ccc(C[n+]2cn(COC3CCCC3)c3ccccc32)cc1. The third-order valence-corrected chi connectivity index (χ3v) is 4.73. The Labute approximate surface area is 137 Å². The summed E-state index contributed by atoms with van der Waals surface area (Å²) in [6, 6.07) is 19.2. The molecule has 4 rings (SSSR count). The Bertz CT molecular complexity index is 773.